The Balaban J connectivity index is 2.13. The number of aromatic nitrogens is 2. The molecule has 1 aromatic carbocycles. The Hall–Kier alpha value is -2.57. The summed E-state index contributed by atoms with van der Waals surface area (Å²) in [5, 5.41) is 19.5. The van der Waals surface area contributed by atoms with Crippen LogP contribution >= 0.6 is 0 Å². The second-order valence-corrected chi connectivity index (χ2v) is 4.45. The second kappa shape index (κ2) is 3.98. The van der Waals surface area contributed by atoms with E-state index in [0.29, 0.717) is 16.7 Å². The number of phenols is 1. The van der Waals surface area contributed by atoms with E-state index in [0.717, 1.165) is 5.56 Å². The molecular weight excluding hydrogens is 248 g/mol. The number of nitrogens with one attached hydrogen (secondary N) is 2. The van der Waals surface area contributed by atoms with Crippen LogP contribution in [0.3, 0.4) is 0 Å². The van der Waals surface area contributed by atoms with Crippen LogP contribution in [0.2, 0.25) is 0 Å². The number of aromatic amines is 1. The summed E-state index contributed by atoms with van der Waals surface area (Å²) in [4.78, 5) is 24.4. The van der Waals surface area contributed by atoms with Crippen LogP contribution in [0.1, 0.15) is 12.0 Å². The molecule has 0 spiro atoms. The van der Waals surface area contributed by atoms with Gasteiger partial charge in [0.25, 0.3) is 0 Å². The van der Waals surface area contributed by atoms with E-state index in [4.69, 9.17) is 0 Å². The molecule has 0 bridgehead atoms. The molecular formula is C12H12N4O3. The lowest BCUT2D eigenvalue weighted by atomic mass is 10.1. The van der Waals surface area contributed by atoms with E-state index in [1.807, 2.05) is 6.92 Å². The SMILES string of the molecule is Cc1ccc(O)c2[nH]nc(N3CCC(=O)NC3=O)c12. The Morgan fingerprint density at radius 3 is 2.89 bits per heavy atom. The lowest BCUT2D eigenvalue weighted by Crippen LogP contribution is -2.49. The molecule has 1 aliphatic rings. The smallest absolute Gasteiger partial charge is 0.329 e. The molecule has 3 N–H and O–H groups in total. The number of carbonyl (C=O) groups is 2. The van der Waals surface area contributed by atoms with E-state index in [-0.39, 0.29) is 24.6 Å². The molecule has 0 aliphatic carbocycles. The maximum absolute atomic E-state index is 11.8. The third-order valence-electron chi connectivity index (χ3n) is 3.20. The third kappa shape index (κ3) is 1.70. The highest BCUT2D eigenvalue weighted by Gasteiger charge is 2.28. The van der Waals surface area contributed by atoms with Crippen molar-refractivity contribution >= 4 is 28.7 Å². The maximum Gasteiger partial charge on any atom is 0.329 e. The first kappa shape index (κ1) is 11.5. The Morgan fingerprint density at radius 2 is 2.16 bits per heavy atom. The summed E-state index contributed by atoms with van der Waals surface area (Å²) in [6, 6.07) is 2.83. The number of H-pyrrole nitrogens is 1. The summed E-state index contributed by atoms with van der Waals surface area (Å²) in [7, 11) is 0. The molecule has 2 aromatic rings. The number of fused-ring (bicyclic) bond motifs is 1. The summed E-state index contributed by atoms with van der Waals surface area (Å²) in [5.41, 5.74) is 1.38. The van der Waals surface area contributed by atoms with Crippen molar-refractivity contribution in [3.63, 3.8) is 0 Å². The van der Waals surface area contributed by atoms with Crippen molar-refractivity contribution in [3.05, 3.63) is 17.7 Å². The first-order valence-corrected chi connectivity index (χ1v) is 5.86. The van der Waals surface area contributed by atoms with Gasteiger partial charge >= 0.3 is 6.03 Å². The van der Waals surface area contributed by atoms with E-state index < -0.39 is 6.03 Å². The minimum atomic E-state index is -0.493. The second-order valence-electron chi connectivity index (χ2n) is 4.45. The number of nitrogens with zero attached hydrogens (tertiary/aromatic N) is 2. The number of phenolic OH excluding ortho intramolecular Hbond substituents is 1. The maximum atomic E-state index is 11.8. The predicted molar refractivity (Wildman–Crippen MR) is 68.0 cm³/mol. The molecule has 98 valence electrons. The zero-order valence-corrected chi connectivity index (χ0v) is 10.2. The predicted octanol–water partition coefficient (Wildman–Crippen LogP) is 1.02. The molecule has 1 saturated heterocycles. The average molecular weight is 260 g/mol. The van der Waals surface area contributed by atoms with Gasteiger partial charge in [-0.05, 0) is 18.6 Å². The van der Waals surface area contributed by atoms with Gasteiger partial charge in [0.1, 0.15) is 11.3 Å². The monoisotopic (exact) mass is 260 g/mol. The average Bonchev–Trinajstić information content (AvgIpc) is 2.80. The van der Waals surface area contributed by atoms with E-state index in [1.54, 1.807) is 12.1 Å². The molecule has 3 rings (SSSR count). The molecule has 2 heterocycles. The number of hydrogen-bond acceptors (Lipinski definition) is 4. The lowest BCUT2D eigenvalue weighted by molar-refractivity contribution is -0.120. The van der Waals surface area contributed by atoms with Gasteiger partial charge in [-0.1, -0.05) is 6.07 Å². The fraction of sp³-hybridized carbons (Fsp3) is 0.250. The van der Waals surface area contributed by atoms with Gasteiger partial charge in [-0.2, -0.15) is 5.10 Å². The van der Waals surface area contributed by atoms with Crippen molar-refractivity contribution in [2.45, 2.75) is 13.3 Å². The van der Waals surface area contributed by atoms with E-state index in [1.165, 1.54) is 4.90 Å². The van der Waals surface area contributed by atoms with Gasteiger partial charge in [0, 0.05) is 13.0 Å². The molecule has 0 unspecified atom stereocenters. The van der Waals surface area contributed by atoms with Gasteiger partial charge in [-0.15, -0.1) is 0 Å². The van der Waals surface area contributed by atoms with Crippen molar-refractivity contribution < 1.29 is 14.7 Å². The normalized spacial score (nSPS) is 15.9. The summed E-state index contributed by atoms with van der Waals surface area (Å²) in [6.45, 7) is 2.15. The molecule has 1 aliphatic heterocycles. The molecule has 3 amide bonds. The first-order valence-electron chi connectivity index (χ1n) is 5.86. The topological polar surface area (TPSA) is 98.3 Å². The highest BCUT2D eigenvalue weighted by atomic mass is 16.3. The summed E-state index contributed by atoms with van der Waals surface area (Å²) >= 11 is 0. The van der Waals surface area contributed by atoms with Crippen molar-refractivity contribution in [1.82, 2.24) is 15.5 Å². The van der Waals surface area contributed by atoms with Crippen LogP contribution in [-0.2, 0) is 4.79 Å². The Labute approximate surface area is 108 Å². The summed E-state index contributed by atoms with van der Waals surface area (Å²) < 4.78 is 0. The van der Waals surface area contributed by atoms with Crippen LogP contribution in [0.5, 0.6) is 5.75 Å². The molecule has 7 nitrogen and oxygen atoms in total. The summed E-state index contributed by atoms with van der Waals surface area (Å²) in [5.74, 6) is 0.210. The van der Waals surface area contributed by atoms with Crippen molar-refractivity contribution in [2.24, 2.45) is 0 Å². The number of aryl methyl sites for hydroxylation is 1. The van der Waals surface area contributed by atoms with E-state index in [2.05, 4.69) is 15.5 Å². The van der Waals surface area contributed by atoms with Crippen LogP contribution < -0.4 is 10.2 Å². The number of rotatable bonds is 1. The highest BCUT2D eigenvalue weighted by molar-refractivity contribution is 6.09. The quantitative estimate of drug-likeness (QED) is 0.713. The number of imide groups is 1. The number of aromatic hydroxyl groups is 1. The lowest BCUT2D eigenvalue weighted by Gasteiger charge is -2.24. The van der Waals surface area contributed by atoms with Crippen molar-refractivity contribution in [2.75, 3.05) is 11.4 Å². The van der Waals surface area contributed by atoms with Crippen LogP contribution in [0, 0.1) is 6.92 Å². The molecule has 0 atom stereocenters. The first-order chi connectivity index (χ1) is 9.08. The zero-order valence-electron chi connectivity index (χ0n) is 10.2. The molecule has 19 heavy (non-hydrogen) atoms. The van der Waals surface area contributed by atoms with Crippen molar-refractivity contribution in [3.8, 4) is 5.75 Å². The molecule has 0 radical (unpaired) electrons. The number of carbonyl (C=O) groups excluding carboxylic acids is 2. The van der Waals surface area contributed by atoms with Crippen LogP contribution in [0.4, 0.5) is 10.6 Å². The number of amides is 3. The van der Waals surface area contributed by atoms with Gasteiger partial charge in [0.2, 0.25) is 5.91 Å². The number of urea groups is 1. The van der Waals surface area contributed by atoms with Gasteiger partial charge in [0.05, 0.1) is 5.39 Å². The Kier molecular flexibility index (Phi) is 2.41. The largest absolute Gasteiger partial charge is 0.506 e. The molecule has 1 aromatic heterocycles. The molecule has 1 fully saturated rings. The number of hydrogen-bond donors (Lipinski definition) is 3. The summed E-state index contributed by atoms with van der Waals surface area (Å²) in [6.07, 6.45) is 0.234. The minimum Gasteiger partial charge on any atom is -0.506 e. The zero-order chi connectivity index (χ0) is 13.6. The Morgan fingerprint density at radius 1 is 1.37 bits per heavy atom. The third-order valence-corrected chi connectivity index (χ3v) is 3.20. The van der Waals surface area contributed by atoms with Crippen LogP contribution in [0.25, 0.3) is 10.9 Å². The van der Waals surface area contributed by atoms with E-state index in [9.17, 15) is 14.7 Å². The van der Waals surface area contributed by atoms with Crippen LogP contribution in [-0.4, -0.2) is 33.8 Å². The molecule has 7 heteroatoms. The number of anilines is 1. The standard InChI is InChI=1S/C12H12N4O3/c1-6-2-3-7(17)10-9(6)11(15-14-10)16-5-4-8(18)13-12(16)19/h2-3,17H,4-5H2,1H3,(H,14,15)(H,13,18,19). The fourth-order valence-corrected chi connectivity index (χ4v) is 2.22. The van der Waals surface area contributed by atoms with E-state index >= 15 is 0 Å². The van der Waals surface area contributed by atoms with Gasteiger partial charge in [-0.25, -0.2) is 4.79 Å². The van der Waals surface area contributed by atoms with Gasteiger partial charge < -0.3 is 5.11 Å². The Bertz CT molecular complexity index is 692. The van der Waals surface area contributed by atoms with Gasteiger partial charge in [0.15, 0.2) is 5.82 Å². The minimum absolute atomic E-state index is 0.0767. The van der Waals surface area contributed by atoms with Crippen LogP contribution in [0.15, 0.2) is 12.1 Å². The molecule has 0 saturated carbocycles. The van der Waals surface area contributed by atoms with Crippen molar-refractivity contribution in [1.29, 1.82) is 0 Å². The highest BCUT2D eigenvalue weighted by Crippen LogP contribution is 2.33. The van der Waals surface area contributed by atoms with Gasteiger partial charge in [-0.3, -0.25) is 20.1 Å². The number of benzene rings is 1. The fourth-order valence-electron chi connectivity index (χ4n) is 2.22.